The molecule has 7 nitrogen and oxygen atoms in total. The third-order valence-corrected chi connectivity index (χ3v) is 4.58. The van der Waals surface area contributed by atoms with Crippen molar-refractivity contribution in [3.8, 4) is 6.07 Å². The van der Waals surface area contributed by atoms with Gasteiger partial charge in [0.1, 0.15) is 5.54 Å². The lowest BCUT2D eigenvalue weighted by atomic mass is 9.83. The number of esters is 1. The van der Waals surface area contributed by atoms with Gasteiger partial charge in [-0.05, 0) is 37.5 Å². The number of hydrogen-bond donors (Lipinski definition) is 2. The predicted molar refractivity (Wildman–Crippen MR) is 99.6 cm³/mol. The van der Waals surface area contributed by atoms with Crippen LogP contribution in [0.15, 0.2) is 24.3 Å². The zero-order valence-electron chi connectivity index (χ0n) is 15.7. The molecule has 1 saturated carbocycles. The Hall–Kier alpha value is -2.88. The van der Waals surface area contributed by atoms with E-state index in [4.69, 9.17) is 4.74 Å². The van der Waals surface area contributed by atoms with Gasteiger partial charge in [-0.3, -0.25) is 14.4 Å². The van der Waals surface area contributed by atoms with Crippen LogP contribution in [0, 0.1) is 11.3 Å². The Labute approximate surface area is 159 Å². The quantitative estimate of drug-likeness (QED) is 0.747. The zero-order valence-corrected chi connectivity index (χ0v) is 15.7. The van der Waals surface area contributed by atoms with Crippen molar-refractivity contribution in [3.05, 3.63) is 29.8 Å². The Morgan fingerprint density at radius 2 is 1.81 bits per heavy atom. The van der Waals surface area contributed by atoms with Gasteiger partial charge in [0, 0.05) is 12.6 Å². The number of benzene rings is 1. The molecule has 1 aromatic carbocycles. The van der Waals surface area contributed by atoms with Crippen LogP contribution in [-0.2, 0) is 25.5 Å². The number of nitriles is 1. The molecule has 2 N–H and O–H groups in total. The van der Waals surface area contributed by atoms with E-state index in [1.807, 2.05) is 0 Å². The summed E-state index contributed by atoms with van der Waals surface area (Å²) in [5.74, 6) is -1.15. The van der Waals surface area contributed by atoms with E-state index in [0.717, 1.165) is 19.3 Å². The number of nitrogens with zero attached hydrogens (tertiary/aromatic N) is 1. The molecule has 1 fully saturated rings. The van der Waals surface area contributed by atoms with Crippen LogP contribution in [0.1, 0.15) is 51.5 Å². The fourth-order valence-corrected chi connectivity index (χ4v) is 3.13. The molecule has 0 heterocycles. The second-order valence-corrected chi connectivity index (χ2v) is 6.93. The number of hydrogen-bond acceptors (Lipinski definition) is 5. The smallest absolute Gasteiger partial charge is 0.311 e. The largest absolute Gasteiger partial charge is 0.452 e. The minimum absolute atomic E-state index is 0.0152. The molecule has 0 spiro atoms. The molecule has 1 atom stereocenters. The van der Waals surface area contributed by atoms with Gasteiger partial charge in [0.2, 0.25) is 5.91 Å². The number of rotatable bonds is 6. The highest BCUT2D eigenvalue weighted by Gasteiger charge is 2.35. The molecule has 27 heavy (non-hydrogen) atoms. The lowest BCUT2D eigenvalue weighted by molar-refractivity contribution is -0.154. The molecule has 144 valence electrons. The van der Waals surface area contributed by atoms with Crippen LogP contribution < -0.4 is 10.6 Å². The molecule has 0 saturated heterocycles. The second kappa shape index (κ2) is 9.17. The van der Waals surface area contributed by atoms with Crippen LogP contribution >= 0.6 is 0 Å². The highest BCUT2D eigenvalue weighted by molar-refractivity contribution is 5.88. The molecule has 1 aliphatic rings. The maximum atomic E-state index is 12.3. The Bertz CT molecular complexity index is 731. The van der Waals surface area contributed by atoms with Crippen molar-refractivity contribution in [1.29, 1.82) is 5.26 Å². The first-order valence-electron chi connectivity index (χ1n) is 9.13. The first-order valence-corrected chi connectivity index (χ1v) is 9.13. The fraction of sp³-hybridized carbons (Fsp3) is 0.500. The summed E-state index contributed by atoms with van der Waals surface area (Å²) in [4.78, 5) is 35.4. The van der Waals surface area contributed by atoms with Crippen LogP contribution in [-0.4, -0.2) is 29.4 Å². The predicted octanol–water partition coefficient (Wildman–Crippen LogP) is 2.46. The number of carbonyl (C=O) groups excluding carboxylic acids is 3. The molecule has 1 aromatic rings. The van der Waals surface area contributed by atoms with Crippen molar-refractivity contribution >= 4 is 23.5 Å². The summed E-state index contributed by atoms with van der Waals surface area (Å²) in [6, 6.07) is 9.03. The molecular weight excluding hydrogens is 346 g/mol. The van der Waals surface area contributed by atoms with Crippen LogP contribution in [0.5, 0.6) is 0 Å². The first-order chi connectivity index (χ1) is 12.8. The number of anilines is 1. The second-order valence-electron chi connectivity index (χ2n) is 6.93. The van der Waals surface area contributed by atoms with Crippen molar-refractivity contribution < 1.29 is 19.1 Å². The van der Waals surface area contributed by atoms with Crippen molar-refractivity contribution in [2.45, 2.75) is 64.0 Å². The Morgan fingerprint density at radius 1 is 1.19 bits per heavy atom. The van der Waals surface area contributed by atoms with E-state index < -0.39 is 23.5 Å². The van der Waals surface area contributed by atoms with E-state index in [1.165, 1.54) is 13.8 Å². The molecule has 0 aromatic heterocycles. The van der Waals surface area contributed by atoms with Gasteiger partial charge in [-0.15, -0.1) is 0 Å². The summed E-state index contributed by atoms with van der Waals surface area (Å²) in [5, 5.41) is 14.8. The van der Waals surface area contributed by atoms with Gasteiger partial charge in [0.25, 0.3) is 5.91 Å². The van der Waals surface area contributed by atoms with Crippen molar-refractivity contribution in [3.63, 3.8) is 0 Å². The molecule has 0 aliphatic heterocycles. The average molecular weight is 371 g/mol. The van der Waals surface area contributed by atoms with Crippen molar-refractivity contribution in [2.24, 2.45) is 0 Å². The summed E-state index contributed by atoms with van der Waals surface area (Å²) in [6.45, 7) is 2.92. The lowest BCUT2D eigenvalue weighted by Gasteiger charge is -2.32. The third kappa shape index (κ3) is 6.10. The lowest BCUT2D eigenvalue weighted by Crippen LogP contribution is -2.52. The highest BCUT2D eigenvalue weighted by Crippen LogP contribution is 2.27. The van der Waals surface area contributed by atoms with Gasteiger partial charge < -0.3 is 15.4 Å². The summed E-state index contributed by atoms with van der Waals surface area (Å²) in [7, 11) is 0. The Balaban J connectivity index is 1.86. The average Bonchev–Trinajstić information content (AvgIpc) is 2.63. The molecule has 2 amide bonds. The fourth-order valence-electron chi connectivity index (χ4n) is 3.13. The van der Waals surface area contributed by atoms with Crippen LogP contribution in [0.25, 0.3) is 0 Å². The summed E-state index contributed by atoms with van der Waals surface area (Å²) < 4.78 is 5.21. The number of nitrogens with one attached hydrogen (secondary N) is 2. The number of ether oxygens (including phenoxy) is 1. The van der Waals surface area contributed by atoms with Gasteiger partial charge in [-0.2, -0.15) is 5.26 Å². The van der Waals surface area contributed by atoms with Gasteiger partial charge in [-0.25, -0.2) is 0 Å². The third-order valence-electron chi connectivity index (χ3n) is 4.58. The minimum atomic E-state index is -0.969. The first kappa shape index (κ1) is 20.4. The Kier molecular flexibility index (Phi) is 6.94. The molecule has 0 bridgehead atoms. The molecular formula is C20H25N3O4. The molecule has 7 heteroatoms. The maximum absolute atomic E-state index is 12.3. The zero-order chi connectivity index (χ0) is 19.9. The SMILES string of the molecule is CC(=O)Nc1ccc(CC(=O)O[C@H](C)C(=O)NC2(C#N)CCCCC2)cc1. The van der Waals surface area contributed by atoms with Crippen molar-refractivity contribution in [2.75, 3.05) is 5.32 Å². The van der Waals surface area contributed by atoms with Gasteiger partial charge in [-0.1, -0.05) is 31.4 Å². The minimum Gasteiger partial charge on any atom is -0.452 e. The molecule has 0 unspecified atom stereocenters. The van der Waals surface area contributed by atoms with E-state index in [0.29, 0.717) is 24.1 Å². The monoisotopic (exact) mass is 371 g/mol. The van der Waals surface area contributed by atoms with Gasteiger partial charge >= 0.3 is 5.97 Å². The standard InChI is InChI=1S/C20H25N3O4/c1-14(19(26)23-20(13-21)10-4-3-5-11-20)27-18(25)12-16-6-8-17(9-7-16)22-15(2)24/h6-9,14H,3-5,10-12H2,1-2H3,(H,22,24)(H,23,26)/t14-/m1/s1. The van der Waals surface area contributed by atoms with Gasteiger partial charge in [0.05, 0.1) is 12.5 Å². The highest BCUT2D eigenvalue weighted by atomic mass is 16.5. The van der Waals surface area contributed by atoms with E-state index in [1.54, 1.807) is 24.3 Å². The van der Waals surface area contributed by atoms with E-state index in [-0.39, 0.29) is 12.3 Å². The Morgan fingerprint density at radius 3 is 2.37 bits per heavy atom. The normalized spacial score (nSPS) is 16.5. The maximum Gasteiger partial charge on any atom is 0.311 e. The van der Waals surface area contributed by atoms with Gasteiger partial charge in [0.15, 0.2) is 6.10 Å². The van der Waals surface area contributed by atoms with Crippen LogP contribution in [0.2, 0.25) is 0 Å². The molecule has 1 aliphatic carbocycles. The summed E-state index contributed by atoms with van der Waals surface area (Å²) in [6.07, 6.45) is 3.15. The van der Waals surface area contributed by atoms with Crippen LogP contribution in [0.3, 0.4) is 0 Å². The summed E-state index contributed by atoms with van der Waals surface area (Å²) >= 11 is 0. The molecule has 2 rings (SSSR count). The topological polar surface area (TPSA) is 108 Å². The molecule has 0 radical (unpaired) electrons. The van der Waals surface area contributed by atoms with Crippen LogP contribution in [0.4, 0.5) is 5.69 Å². The summed E-state index contributed by atoms with van der Waals surface area (Å²) in [5.41, 5.74) is 0.499. The number of amides is 2. The van der Waals surface area contributed by atoms with E-state index in [2.05, 4.69) is 16.7 Å². The number of carbonyl (C=O) groups is 3. The van der Waals surface area contributed by atoms with Crippen molar-refractivity contribution in [1.82, 2.24) is 5.32 Å². The van der Waals surface area contributed by atoms with E-state index in [9.17, 15) is 19.6 Å². The van der Waals surface area contributed by atoms with E-state index >= 15 is 0 Å².